The standard InChI is InChI=1S/C19H22N6O3/c1-23-11-12(10-21-23)16-7-15(22-28-16)18(26)25-13-3-4-14(25)9-19(27,8-13)17-5-6-20-24(17)2/h5-7,10-11,13-14,27H,3-4,8-9H2,1-2H3/t13-,14-/m0/s1. The molecule has 9 heteroatoms. The molecule has 2 aliphatic heterocycles. The van der Waals surface area contributed by atoms with E-state index < -0.39 is 5.60 Å². The van der Waals surface area contributed by atoms with E-state index in [1.807, 2.05) is 31.3 Å². The molecule has 28 heavy (non-hydrogen) atoms. The largest absolute Gasteiger partial charge is 0.383 e. The number of aromatic nitrogens is 5. The lowest BCUT2D eigenvalue weighted by molar-refractivity contribution is -0.0532. The van der Waals surface area contributed by atoms with Crippen LogP contribution in [0.25, 0.3) is 11.3 Å². The molecule has 3 aromatic rings. The molecule has 0 aromatic carbocycles. The number of carbonyl (C=O) groups excluding carboxylic acids is 1. The summed E-state index contributed by atoms with van der Waals surface area (Å²) in [4.78, 5) is 15.0. The monoisotopic (exact) mass is 382 g/mol. The van der Waals surface area contributed by atoms with Crippen LogP contribution in [0.1, 0.15) is 41.9 Å². The molecule has 1 amide bonds. The maximum absolute atomic E-state index is 13.2. The lowest BCUT2D eigenvalue weighted by atomic mass is 9.83. The van der Waals surface area contributed by atoms with Gasteiger partial charge in [-0.2, -0.15) is 10.2 Å². The predicted molar refractivity (Wildman–Crippen MR) is 98.0 cm³/mol. The smallest absolute Gasteiger partial charge is 0.276 e. The Kier molecular flexibility index (Phi) is 3.70. The third-order valence-corrected chi connectivity index (χ3v) is 6.02. The number of fused-ring (bicyclic) bond motifs is 2. The third-order valence-electron chi connectivity index (χ3n) is 6.02. The van der Waals surface area contributed by atoms with Crippen LogP contribution >= 0.6 is 0 Å². The highest BCUT2D eigenvalue weighted by atomic mass is 16.5. The van der Waals surface area contributed by atoms with Gasteiger partial charge in [0.25, 0.3) is 5.91 Å². The fourth-order valence-electron chi connectivity index (χ4n) is 4.79. The van der Waals surface area contributed by atoms with Gasteiger partial charge in [0.2, 0.25) is 0 Å². The fourth-order valence-corrected chi connectivity index (χ4v) is 4.79. The zero-order chi connectivity index (χ0) is 19.5. The van der Waals surface area contributed by atoms with Crippen molar-refractivity contribution in [1.82, 2.24) is 29.6 Å². The van der Waals surface area contributed by atoms with Crippen LogP contribution in [0.2, 0.25) is 0 Å². The molecule has 0 spiro atoms. The minimum Gasteiger partial charge on any atom is -0.383 e. The van der Waals surface area contributed by atoms with E-state index in [9.17, 15) is 9.90 Å². The van der Waals surface area contributed by atoms with Gasteiger partial charge in [0.1, 0.15) is 5.60 Å². The van der Waals surface area contributed by atoms with Gasteiger partial charge in [0.15, 0.2) is 11.5 Å². The van der Waals surface area contributed by atoms with Crippen molar-refractivity contribution in [3.8, 4) is 11.3 Å². The molecule has 0 saturated carbocycles. The van der Waals surface area contributed by atoms with Crippen LogP contribution in [0.4, 0.5) is 0 Å². The van der Waals surface area contributed by atoms with Crippen LogP contribution in [0.15, 0.2) is 35.2 Å². The summed E-state index contributed by atoms with van der Waals surface area (Å²) in [6, 6.07) is 3.48. The summed E-state index contributed by atoms with van der Waals surface area (Å²) in [5.74, 6) is 0.380. The first kappa shape index (κ1) is 17.2. The van der Waals surface area contributed by atoms with Crippen molar-refractivity contribution in [2.45, 2.75) is 43.4 Å². The number of aliphatic hydroxyl groups is 1. The summed E-state index contributed by atoms with van der Waals surface area (Å²) in [5, 5.41) is 23.6. The fraction of sp³-hybridized carbons (Fsp3) is 0.474. The summed E-state index contributed by atoms with van der Waals surface area (Å²) in [6.45, 7) is 0. The van der Waals surface area contributed by atoms with Gasteiger partial charge in [0.05, 0.1) is 17.5 Å². The summed E-state index contributed by atoms with van der Waals surface area (Å²) in [6.07, 6.45) is 7.95. The predicted octanol–water partition coefficient (Wildman–Crippen LogP) is 1.46. The van der Waals surface area contributed by atoms with E-state index in [0.717, 1.165) is 24.1 Å². The number of amides is 1. The molecular formula is C19H22N6O3. The van der Waals surface area contributed by atoms with Crippen molar-refractivity contribution >= 4 is 5.91 Å². The van der Waals surface area contributed by atoms with Crippen LogP contribution < -0.4 is 0 Å². The molecule has 0 unspecified atom stereocenters. The molecular weight excluding hydrogens is 360 g/mol. The second-order valence-corrected chi connectivity index (χ2v) is 7.86. The van der Waals surface area contributed by atoms with Gasteiger partial charge in [-0.05, 0) is 18.9 Å². The molecule has 2 fully saturated rings. The molecule has 2 bridgehead atoms. The number of aryl methyl sites for hydroxylation is 2. The van der Waals surface area contributed by atoms with Gasteiger partial charge in [0, 0.05) is 57.5 Å². The maximum atomic E-state index is 13.2. The minimum absolute atomic E-state index is 0.0234. The Morgan fingerprint density at radius 2 is 2.00 bits per heavy atom. The van der Waals surface area contributed by atoms with Crippen LogP contribution in [0.3, 0.4) is 0 Å². The van der Waals surface area contributed by atoms with Crippen molar-refractivity contribution in [2.75, 3.05) is 0 Å². The highest BCUT2D eigenvalue weighted by molar-refractivity contribution is 5.93. The van der Waals surface area contributed by atoms with Gasteiger partial charge in [-0.15, -0.1) is 0 Å². The molecule has 9 nitrogen and oxygen atoms in total. The second-order valence-electron chi connectivity index (χ2n) is 7.86. The van der Waals surface area contributed by atoms with Crippen molar-refractivity contribution in [3.63, 3.8) is 0 Å². The van der Waals surface area contributed by atoms with Crippen LogP contribution in [-0.4, -0.2) is 52.7 Å². The first-order chi connectivity index (χ1) is 13.4. The topological polar surface area (TPSA) is 102 Å². The molecule has 2 aliphatic rings. The third kappa shape index (κ3) is 2.57. The van der Waals surface area contributed by atoms with Gasteiger partial charge >= 0.3 is 0 Å². The van der Waals surface area contributed by atoms with Crippen molar-refractivity contribution < 1.29 is 14.4 Å². The Morgan fingerprint density at radius 1 is 1.25 bits per heavy atom. The molecule has 0 radical (unpaired) electrons. The normalized spacial score (nSPS) is 26.8. The molecule has 5 heterocycles. The van der Waals surface area contributed by atoms with Crippen LogP contribution in [-0.2, 0) is 19.7 Å². The van der Waals surface area contributed by atoms with Gasteiger partial charge in [-0.1, -0.05) is 5.16 Å². The lowest BCUT2D eigenvalue weighted by Crippen LogP contribution is -2.52. The molecule has 2 atom stereocenters. The van der Waals surface area contributed by atoms with Gasteiger partial charge in [-0.25, -0.2) is 0 Å². The lowest BCUT2D eigenvalue weighted by Gasteiger charge is -2.43. The first-order valence-electron chi connectivity index (χ1n) is 9.44. The van der Waals surface area contributed by atoms with Gasteiger partial charge in [-0.3, -0.25) is 14.2 Å². The van der Waals surface area contributed by atoms with Crippen molar-refractivity contribution in [3.05, 3.63) is 42.1 Å². The Hall–Kier alpha value is -2.94. The number of rotatable bonds is 3. The van der Waals surface area contributed by atoms with E-state index in [2.05, 4.69) is 15.4 Å². The highest BCUT2D eigenvalue weighted by Gasteiger charge is 2.51. The number of carbonyl (C=O) groups is 1. The van der Waals surface area contributed by atoms with E-state index in [0.29, 0.717) is 24.3 Å². The Balaban J connectivity index is 1.39. The van der Waals surface area contributed by atoms with Gasteiger partial charge < -0.3 is 14.5 Å². The van der Waals surface area contributed by atoms with Crippen LogP contribution in [0, 0.1) is 0 Å². The highest BCUT2D eigenvalue weighted by Crippen LogP contribution is 2.46. The minimum atomic E-state index is -0.960. The first-order valence-corrected chi connectivity index (χ1v) is 9.44. The second kappa shape index (κ2) is 6.03. The maximum Gasteiger partial charge on any atom is 0.276 e. The van der Waals surface area contributed by atoms with E-state index >= 15 is 0 Å². The zero-order valence-corrected chi connectivity index (χ0v) is 15.8. The molecule has 5 rings (SSSR count). The summed E-state index contributed by atoms with van der Waals surface area (Å²) in [5.41, 5.74) is 0.915. The number of hydrogen-bond acceptors (Lipinski definition) is 6. The Bertz CT molecular complexity index is 1020. The van der Waals surface area contributed by atoms with E-state index in [4.69, 9.17) is 4.52 Å². The summed E-state index contributed by atoms with van der Waals surface area (Å²) >= 11 is 0. The number of nitrogens with zero attached hydrogens (tertiary/aromatic N) is 6. The average molecular weight is 382 g/mol. The SMILES string of the molecule is Cn1cc(-c2cc(C(=O)N3[C@H]4CC[C@H]3CC(O)(c3ccnn3C)C4)no2)cn1. The quantitative estimate of drug-likeness (QED) is 0.736. The summed E-state index contributed by atoms with van der Waals surface area (Å²) in [7, 11) is 3.66. The number of hydrogen-bond donors (Lipinski definition) is 1. The average Bonchev–Trinajstić information content (AvgIpc) is 3.42. The molecule has 3 aromatic heterocycles. The van der Waals surface area contributed by atoms with Crippen molar-refractivity contribution in [1.29, 1.82) is 0 Å². The molecule has 1 N–H and O–H groups in total. The number of piperidine rings is 1. The van der Waals surface area contributed by atoms with E-state index in [-0.39, 0.29) is 18.0 Å². The summed E-state index contributed by atoms with van der Waals surface area (Å²) < 4.78 is 8.76. The molecule has 146 valence electrons. The molecule has 2 saturated heterocycles. The zero-order valence-electron chi connectivity index (χ0n) is 15.8. The van der Waals surface area contributed by atoms with E-state index in [1.165, 1.54) is 0 Å². The van der Waals surface area contributed by atoms with Crippen LogP contribution in [0.5, 0.6) is 0 Å². The van der Waals surface area contributed by atoms with Crippen molar-refractivity contribution in [2.24, 2.45) is 14.1 Å². The Morgan fingerprint density at radius 3 is 2.61 bits per heavy atom. The molecule has 0 aliphatic carbocycles. The van der Waals surface area contributed by atoms with E-state index in [1.54, 1.807) is 27.8 Å². The Labute approximate surface area is 161 Å².